The van der Waals surface area contributed by atoms with Gasteiger partial charge in [0.1, 0.15) is 0 Å². The van der Waals surface area contributed by atoms with Crippen LogP contribution in [0.15, 0.2) is 24.3 Å². The molecule has 5 nitrogen and oxygen atoms in total. The van der Waals surface area contributed by atoms with E-state index in [1.54, 1.807) is 13.0 Å². The summed E-state index contributed by atoms with van der Waals surface area (Å²) in [6.45, 7) is 5.32. The van der Waals surface area contributed by atoms with Crippen LogP contribution in [0.3, 0.4) is 0 Å². The highest BCUT2D eigenvalue weighted by Crippen LogP contribution is 2.15. The number of nitrogens with zero attached hydrogens (tertiary/aromatic N) is 1. The summed E-state index contributed by atoms with van der Waals surface area (Å²) in [4.78, 5) is 14.2. The number of anilines is 1. The van der Waals surface area contributed by atoms with E-state index in [4.69, 9.17) is 0 Å². The van der Waals surface area contributed by atoms with Gasteiger partial charge in [0.25, 0.3) is 5.91 Å². The maximum atomic E-state index is 12.3. The maximum Gasteiger partial charge on any atom is 0.253 e. The number of hydrogen-bond donors (Lipinski definition) is 3. The minimum Gasteiger partial charge on any atom is -0.387 e. The van der Waals surface area contributed by atoms with Crippen molar-refractivity contribution in [3.05, 3.63) is 29.8 Å². The highest BCUT2D eigenvalue weighted by atomic mass is 16.3. The smallest absolute Gasteiger partial charge is 0.253 e. The molecule has 118 valence electrons. The Hall–Kier alpha value is -1.59. The Morgan fingerprint density at radius 2 is 2.00 bits per heavy atom. The van der Waals surface area contributed by atoms with Crippen LogP contribution in [0.2, 0.25) is 0 Å². The first kappa shape index (κ1) is 17.5. The van der Waals surface area contributed by atoms with Crippen LogP contribution in [0.1, 0.15) is 30.6 Å². The molecule has 21 heavy (non-hydrogen) atoms. The molecule has 0 radical (unpaired) electrons. The summed E-state index contributed by atoms with van der Waals surface area (Å²) in [6.07, 6.45) is 0.994. The normalized spacial score (nSPS) is 13.8. The molecule has 1 rings (SSSR count). The third kappa shape index (κ3) is 6.14. The lowest BCUT2D eigenvalue weighted by atomic mass is 10.1. The van der Waals surface area contributed by atoms with E-state index in [-0.39, 0.29) is 12.5 Å². The maximum absolute atomic E-state index is 12.3. The molecule has 1 atom stereocenters. The lowest BCUT2D eigenvalue weighted by Gasteiger charge is -2.27. The monoisotopic (exact) mass is 293 g/mol. The Morgan fingerprint density at radius 3 is 2.62 bits per heavy atom. The fraction of sp³-hybridized carbons (Fsp3) is 0.562. The van der Waals surface area contributed by atoms with E-state index >= 15 is 0 Å². The van der Waals surface area contributed by atoms with Crippen molar-refractivity contribution in [1.29, 1.82) is 0 Å². The van der Waals surface area contributed by atoms with Gasteiger partial charge in [0.2, 0.25) is 0 Å². The number of rotatable bonds is 8. The van der Waals surface area contributed by atoms with E-state index in [0.717, 1.165) is 18.7 Å². The molecule has 5 heteroatoms. The number of carbonyl (C=O) groups is 1. The van der Waals surface area contributed by atoms with E-state index in [2.05, 4.69) is 17.6 Å². The van der Waals surface area contributed by atoms with Crippen molar-refractivity contribution < 1.29 is 9.90 Å². The summed E-state index contributed by atoms with van der Waals surface area (Å²) in [5.41, 5.74) is 0.473. The van der Waals surface area contributed by atoms with Crippen molar-refractivity contribution in [2.24, 2.45) is 0 Å². The number of likely N-dealkylation sites (N-methyl/N-ethyl adjacent to an activating group) is 1. The summed E-state index contributed by atoms with van der Waals surface area (Å²) in [6, 6.07) is 7.41. The molecule has 0 saturated carbocycles. The average molecular weight is 293 g/mol. The first-order valence-electron chi connectivity index (χ1n) is 7.34. The average Bonchev–Trinajstić information content (AvgIpc) is 2.41. The van der Waals surface area contributed by atoms with Crippen molar-refractivity contribution in [1.82, 2.24) is 10.2 Å². The summed E-state index contributed by atoms with van der Waals surface area (Å²) >= 11 is 0. The molecule has 0 aliphatic carbocycles. The van der Waals surface area contributed by atoms with Crippen LogP contribution in [-0.4, -0.2) is 55.2 Å². The molecular formula is C16H27N3O2. The minimum atomic E-state index is -0.953. The van der Waals surface area contributed by atoms with Crippen molar-refractivity contribution in [3.63, 3.8) is 0 Å². The molecule has 0 aliphatic heterocycles. The van der Waals surface area contributed by atoms with Crippen LogP contribution >= 0.6 is 0 Å². The number of aliphatic hydroxyl groups is 1. The van der Waals surface area contributed by atoms with Crippen LogP contribution in [0, 0.1) is 0 Å². The number of benzene rings is 1. The van der Waals surface area contributed by atoms with E-state index in [1.807, 2.05) is 37.2 Å². The lowest BCUT2D eigenvalue weighted by Crippen LogP contribution is -2.47. The molecule has 1 amide bonds. The third-order valence-corrected chi connectivity index (χ3v) is 3.02. The van der Waals surface area contributed by atoms with Crippen molar-refractivity contribution in [3.8, 4) is 0 Å². The molecular weight excluding hydrogens is 266 g/mol. The van der Waals surface area contributed by atoms with Gasteiger partial charge in [-0.15, -0.1) is 0 Å². The third-order valence-electron chi connectivity index (χ3n) is 3.02. The van der Waals surface area contributed by atoms with Gasteiger partial charge in [-0.25, -0.2) is 0 Å². The van der Waals surface area contributed by atoms with Gasteiger partial charge in [0, 0.05) is 25.3 Å². The van der Waals surface area contributed by atoms with Crippen LogP contribution in [0.5, 0.6) is 0 Å². The Labute approximate surface area is 127 Å². The SMILES string of the molecule is CCCNc1ccccc1C(=O)NCC(C)(O)CN(C)C. The molecule has 0 saturated heterocycles. The molecule has 0 aliphatic rings. The number of hydrogen-bond acceptors (Lipinski definition) is 4. The molecule has 1 aromatic carbocycles. The van der Waals surface area contributed by atoms with Gasteiger partial charge in [-0.1, -0.05) is 19.1 Å². The predicted octanol–water partition coefficient (Wildman–Crippen LogP) is 1.55. The Kier molecular flexibility index (Phi) is 6.65. The van der Waals surface area contributed by atoms with Gasteiger partial charge in [0.15, 0.2) is 0 Å². The zero-order chi connectivity index (χ0) is 15.9. The summed E-state index contributed by atoms with van der Waals surface area (Å²) in [7, 11) is 3.78. The molecule has 0 heterocycles. The fourth-order valence-electron chi connectivity index (χ4n) is 2.20. The predicted molar refractivity (Wildman–Crippen MR) is 86.7 cm³/mol. The Balaban J connectivity index is 2.67. The summed E-state index contributed by atoms with van der Waals surface area (Å²) in [5.74, 6) is -0.173. The van der Waals surface area contributed by atoms with E-state index < -0.39 is 5.60 Å². The molecule has 1 unspecified atom stereocenters. The molecule has 0 bridgehead atoms. The van der Waals surface area contributed by atoms with Crippen molar-refractivity contribution in [2.75, 3.05) is 39.0 Å². The van der Waals surface area contributed by atoms with Crippen molar-refractivity contribution in [2.45, 2.75) is 25.9 Å². The summed E-state index contributed by atoms with van der Waals surface area (Å²) < 4.78 is 0. The first-order valence-corrected chi connectivity index (χ1v) is 7.34. The Morgan fingerprint density at radius 1 is 1.33 bits per heavy atom. The van der Waals surface area contributed by atoms with E-state index in [9.17, 15) is 9.90 Å². The highest BCUT2D eigenvalue weighted by Gasteiger charge is 2.22. The topological polar surface area (TPSA) is 64.6 Å². The molecule has 3 N–H and O–H groups in total. The standard InChI is InChI=1S/C16H27N3O2/c1-5-10-17-14-9-7-6-8-13(14)15(20)18-11-16(2,21)12-19(3)4/h6-9,17,21H,5,10-12H2,1-4H3,(H,18,20). The quantitative estimate of drug-likeness (QED) is 0.680. The number of carbonyl (C=O) groups excluding carboxylic acids is 1. The second-order valence-corrected chi connectivity index (χ2v) is 5.89. The second-order valence-electron chi connectivity index (χ2n) is 5.89. The van der Waals surface area contributed by atoms with Gasteiger partial charge >= 0.3 is 0 Å². The van der Waals surface area contributed by atoms with Gasteiger partial charge in [0.05, 0.1) is 11.2 Å². The molecule has 0 fully saturated rings. The minimum absolute atomic E-state index is 0.173. The van der Waals surface area contributed by atoms with Crippen LogP contribution in [0.4, 0.5) is 5.69 Å². The highest BCUT2D eigenvalue weighted by molar-refractivity contribution is 5.99. The Bertz CT molecular complexity index is 459. The van der Waals surface area contributed by atoms with E-state index in [0.29, 0.717) is 12.1 Å². The molecule has 0 aromatic heterocycles. The van der Waals surface area contributed by atoms with Crippen molar-refractivity contribution >= 4 is 11.6 Å². The van der Waals surface area contributed by atoms with Gasteiger partial charge < -0.3 is 20.6 Å². The number of para-hydroxylation sites is 1. The zero-order valence-electron chi connectivity index (χ0n) is 13.4. The van der Waals surface area contributed by atoms with Gasteiger partial charge in [-0.2, -0.15) is 0 Å². The fourth-order valence-corrected chi connectivity index (χ4v) is 2.20. The van der Waals surface area contributed by atoms with Gasteiger partial charge in [-0.3, -0.25) is 4.79 Å². The first-order chi connectivity index (χ1) is 9.85. The van der Waals surface area contributed by atoms with Crippen LogP contribution in [0.25, 0.3) is 0 Å². The van der Waals surface area contributed by atoms with Gasteiger partial charge in [-0.05, 0) is 39.6 Å². The second kappa shape index (κ2) is 8.00. The molecule has 0 spiro atoms. The zero-order valence-corrected chi connectivity index (χ0v) is 13.4. The van der Waals surface area contributed by atoms with Crippen LogP contribution in [-0.2, 0) is 0 Å². The number of amides is 1. The van der Waals surface area contributed by atoms with E-state index in [1.165, 1.54) is 0 Å². The lowest BCUT2D eigenvalue weighted by molar-refractivity contribution is 0.0326. The molecule has 1 aromatic rings. The number of nitrogens with one attached hydrogen (secondary N) is 2. The largest absolute Gasteiger partial charge is 0.387 e. The summed E-state index contributed by atoms with van der Waals surface area (Å²) in [5, 5.41) is 16.3. The van der Waals surface area contributed by atoms with Crippen LogP contribution < -0.4 is 10.6 Å².